The van der Waals surface area contributed by atoms with Gasteiger partial charge in [-0.1, -0.05) is 11.6 Å². The number of hydrogen-bond donors (Lipinski definition) is 0. The lowest BCUT2D eigenvalue weighted by Gasteiger charge is -1.94. The van der Waals surface area contributed by atoms with Gasteiger partial charge in [0.05, 0.1) is 12.4 Å². The number of rotatable bonds is 0. The largest absolute Gasteiger partial charge is 0.267 e. The van der Waals surface area contributed by atoms with Gasteiger partial charge in [0.15, 0.2) is 5.65 Å². The summed E-state index contributed by atoms with van der Waals surface area (Å²) < 4.78 is 1.73. The molecule has 11 heavy (non-hydrogen) atoms. The zero-order valence-electron chi connectivity index (χ0n) is 5.82. The van der Waals surface area contributed by atoms with Crippen LogP contribution in [0, 0.1) is 6.92 Å². The quantitative estimate of drug-likeness (QED) is 0.592. The summed E-state index contributed by atoms with van der Waals surface area (Å²) in [5, 5.41) is 8.22. The Kier molecular flexibility index (Phi) is 1.29. The van der Waals surface area contributed by atoms with E-state index in [9.17, 15) is 0 Å². The molecule has 0 spiro atoms. The van der Waals surface area contributed by atoms with Crippen molar-refractivity contribution in [3.05, 3.63) is 23.4 Å². The summed E-state index contributed by atoms with van der Waals surface area (Å²) in [6.45, 7) is 1.84. The Hall–Kier alpha value is -1.16. The van der Waals surface area contributed by atoms with Crippen molar-refractivity contribution in [1.29, 1.82) is 0 Å². The van der Waals surface area contributed by atoms with Crippen molar-refractivity contribution >= 4 is 17.2 Å². The van der Waals surface area contributed by atoms with E-state index in [-0.39, 0.29) is 0 Å². The summed E-state index contributed by atoms with van der Waals surface area (Å²) in [5.74, 6) is 0.771. The highest BCUT2D eigenvalue weighted by Crippen LogP contribution is 2.10. The van der Waals surface area contributed by atoms with Crippen LogP contribution in [0.25, 0.3) is 5.65 Å². The Labute approximate surface area is 67.8 Å². The Morgan fingerprint density at radius 3 is 2.91 bits per heavy atom. The number of fused-ring (bicyclic) bond motifs is 1. The van der Waals surface area contributed by atoms with Crippen LogP contribution in [0.5, 0.6) is 0 Å². The molecule has 5 heteroatoms. The minimum atomic E-state index is 0.532. The summed E-state index contributed by atoms with van der Waals surface area (Å²) in [6.07, 6.45) is 3.18. The normalized spacial score (nSPS) is 10.7. The van der Waals surface area contributed by atoms with E-state index >= 15 is 0 Å². The molecule has 0 fully saturated rings. The molecule has 0 saturated heterocycles. The molecule has 0 aromatic carbocycles. The van der Waals surface area contributed by atoms with Crippen LogP contribution in [-0.2, 0) is 0 Å². The molecule has 0 N–H and O–H groups in total. The van der Waals surface area contributed by atoms with E-state index in [0.717, 1.165) is 5.82 Å². The molecule has 0 unspecified atom stereocenters. The second kappa shape index (κ2) is 2.17. The Morgan fingerprint density at radius 2 is 2.18 bits per heavy atom. The van der Waals surface area contributed by atoms with E-state index < -0.39 is 0 Å². The number of hydrogen-bond acceptors (Lipinski definition) is 3. The van der Waals surface area contributed by atoms with Gasteiger partial charge < -0.3 is 0 Å². The standard InChI is InChI=1S/C6H5ClN4/c1-4-9-10-6-3-8-2-5(7)11(4)6/h2-3H,1H3. The van der Waals surface area contributed by atoms with Crippen LogP contribution >= 0.6 is 11.6 Å². The Balaban J connectivity index is 2.96. The van der Waals surface area contributed by atoms with E-state index in [2.05, 4.69) is 15.2 Å². The van der Waals surface area contributed by atoms with Gasteiger partial charge in [-0.2, -0.15) is 0 Å². The third-order valence-corrected chi connectivity index (χ3v) is 1.70. The summed E-state index contributed by atoms with van der Waals surface area (Å²) in [6, 6.07) is 0. The van der Waals surface area contributed by atoms with Crippen LogP contribution < -0.4 is 0 Å². The molecule has 2 aromatic heterocycles. The molecule has 0 aliphatic rings. The van der Waals surface area contributed by atoms with Crippen LogP contribution in [0.4, 0.5) is 0 Å². The van der Waals surface area contributed by atoms with Gasteiger partial charge in [0.25, 0.3) is 0 Å². The molecule has 0 radical (unpaired) electrons. The van der Waals surface area contributed by atoms with Gasteiger partial charge in [0, 0.05) is 0 Å². The SMILES string of the molecule is Cc1nnc2cncc(Cl)n12. The van der Waals surface area contributed by atoms with Gasteiger partial charge in [0.2, 0.25) is 0 Å². The predicted molar refractivity (Wildman–Crippen MR) is 40.5 cm³/mol. The van der Waals surface area contributed by atoms with Gasteiger partial charge in [-0.25, -0.2) is 0 Å². The van der Waals surface area contributed by atoms with Crippen molar-refractivity contribution in [1.82, 2.24) is 19.6 Å². The zero-order valence-corrected chi connectivity index (χ0v) is 6.58. The topological polar surface area (TPSA) is 43.1 Å². The molecule has 2 rings (SSSR count). The van der Waals surface area contributed by atoms with Crippen molar-refractivity contribution in [3.8, 4) is 0 Å². The highest BCUT2D eigenvalue weighted by Gasteiger charge is 2.02. The van der Waals surface area contributed by atoms with Crippen molar-refractivity contribution in [2.45, 2.75) is 6.92 Å². The van der Waals surface area contributed by atoms with Crippen LogP contribution in [0.1, 0.15) is 5.82 Å². The van der Waals surface area contributed by atoms with Crippen LogP contribution in [0.3, 0.4) is 0 Å². The highest BCUT2D eigenvalue weighted by atomic mass is 35.5. The molecule has 0 aliphatic heterocycles. The molecule has 2 heterocycles. The van der Waals surface area contributed by atoms with Crippen LogP contribution in [0.15, 0.2) is 12.4 Å². The van der Waals surface area contributed by atoms with Crippen molar-refractivity contribution < 1.29 is 0 Å². The molecule has 2 aromatic rings. The number of nitrogens with zero attached hydrogens (tertiary/aromatic N) is 4. The fourth-order valence-corrected chi connectivity index (χ4v) is 1.21. The highest BCUT2D eigenvalue weighted by molar-refractivity contribution is 6.29. The molecule has 0 bridgehead atoms. The molecular formula is C6H5ClN4. The molecule has 0 atom stereocenters. The Bertz CT molecular complexity index is 394. The number of aryl methyl sites for hydroxylation is 1. The molecule has 4 nitrogen and oxygen atoms in total. The molecule has 0 aliphatic carbocycles. The molecule has 56 valence electrons. The maximum absolute atomic E-state index is 5.82. The van der Waals surface area contributed by atoms with Crippen LogP contribution in [0.2, 0.25) is 5.15 Å². The first-order valence-corrected chi connectivity index (χ1v) is 3.48. The lowest BCUT2D eigenvalue weighted by atomic mass is 10.6. The molecule has 0 saturated carbocycles. The second-order valence-corrected chi connectivity index (χ2v) is 2.56. The lowest BCUT2D eigenvalue weighted by Crippen LogP contribution is -1.90. The third-order valence-electron chi connectivity index (χ3n) is 1.43. The average molecular weight is 169 g/mol. The maximum atomic E-state index is 5.82. The monoisotopic (exact) mass is 168 g/mol. The average Bonchev–Trinajstić information content (AvgIpc) is 2.34. The summed E-state index contributed by atoms with van der Waals surface area (Å²) in [7, 11) is 0. The summed E-state index contributed by atoms with van der Waals surface area (Å²) >= 11 is 5.82. The Morgan fingerprint density at radius 1 is 1.36 bits per heavy atom. The maximum Gasteiger partial charge on any atom is 0.180 e. The van der Waals surface area contributed by atoms with E-state index in [1.165, 1.54) is 0 Å². The van der Waals surface area contributed by atoms with Gasteiger partial charge >= 0.3 is 0 Å². The van der Waals surface area contributed by atoms with E-state index in [0.29, 0.717) is 10.8 Å². The van der Waals surface area contributed by atoms with Gasteiger partial charge in [0.1, 0.15) is 11.0 Å². The van der Waals surface area contributed by atoms with Crippen molar-refractivity contribution in [2.75, 3.05) is 0 Å². The van der Waals surface area contributed by atoms with E-state index in [1.807, 2.05) is 6.92 Å². The van der Waals surface area contributed by atoms with Crippen LogP contribution in [-0.4, -0.2) is 19.6 Å². The lowest BCUT2D eigenvalue weighted by molar-refractivity contribution is 1.00. The van der Waals surface area contributed by atoms with Gasteiger partial charge in [-0.05, 0) is 6.92 Å². The van der Waals surface area contributed by atoms with Crippen molar-refractivity contribution in [3.63, 3.8) is 0 Å². The first kappa shape index (κ1) is 6.54. The first-order chi connectivity index (χ1) is 5.29. The number of aromatic nitrogens is 4. The number of halogens is 1. The fourth-order valence-electron chi connectivity index (χ4n) is 0.950. The van der Waals surface area contributed by atoms with Gasteiger partial charge in [-0.15, -0.1) is 10.2 Å². The van der Waals surface area contributed by atoms with Crippen molar-refractivity contribution in [2.24, 2.45) is 0 Å². The van der Waals surface area contributed by atoms with E-state index in [1.54, 1.807) is 16.8 Å². The third kappa shape index (κ3) is 0.867. The zero-order chi connectivity index (χ0) is 7.84. The molecular weight excluding hydrogens is 164 g/mol. The second-order valence-electron chi connectivity index (χ2n) is 2.17. The van der Waals surface area contributed by atoms with E-state index in [4.69, 9.17) is 11.6 Å². The predicted octanol–water partition coefficient (Wildman–Crippen LogP) is 1.09. The molecule has 0 amide bonds. The fraction of sp³-hybridized carbons (Fsp3) is 0.167. The first-order valence-electron chi connectivity index (χ1n) is 3.10. The summed E-state index contributed by atoms with van der Waals surface area (Å²) in [5.41, 5.74) is 0.676. The summed E-state index contributed by atoms with van der Waals surface area (Å²) in [4.78, 5) is 3.87. The van der Waals surface area contributed by atoms with Gasteiger partial charge in [-0.3, -0.25) is 9.38 Å². The minimum Gasteiger partial charge on any atom is -0.267 e. The smallest absolute Gasteiger partial charge is 0.180 e. The minimum absolute atomic E-state index is 0.532.